The highest BCUT2D eigenvalue weighted by Crippen LogP contribution is 2.38. The zero-order valence-corrected chi connectivity index (χ0v) is 15.8. The van der Waals surface area contributed by atoms with Gasteiger partial charge in [-0.15, -0.1) is 0 Å². The van der Waals surface area contributed by atoms with Gasteiger partial charge in [-0.25, -0.2) is 0 Å². The number of halogens is 1. The second-order valence-corrected chi connectivity index (χ2v) is 6.43. The van der Waals surface area contributed by atoms with Crippen LogP contribution in [-0.2, 0) is 9.59 Å². The largest absolute Gasteiger partial charge is 0.495 e. The number of carbonyl (C=O) groups excluding carboxylic acids is 2. The number of carbonyl (C=O) groups is 2. The van der Waals surface area contributed by atoms with Gasteiger partial charge in [0.05, 0.1) is 24.9 Å². The van der Waals surface area contributed by atoms with Crippen molar-refractivity contribution in [3.63, 3.8) is 0 Å². The van der Waals surface area contributed by atoms with E-state index in [9.17, 15) is 9.59 Å². The lowest BCUT2D eigenvalue weighted by atomic mass is 10.1. The molecule has 1 saturated heterocycles. The van der Waals surface area contributed by atoms with Crippen molar-refractivity contribution in [3.8, 4) is 11.5 Å². The summed E-state index contributed by atoms with van der Waals surface area (Å²) in [5.74, 6) is 0.817. The molecule has 0 aliphatic carbocycles. The maximum absolute atomic E-state index is 12.4. The van der Waals surface area contributed by atoms with Gasteiger partial charge in [0.2, 0.25) is 11.8 Å². The summed E-state index contributed by atoms with van der Waals surface area (Å²) in [4.78, 5) is 28.0. The van der Waals surface area contributed by atoms with Gasteiger partial charge in [-0.05, 0) is 19.3 Å². The fourth-order valence-electron chi connectivity index (χ4n) is 3.01. The first kappa shape index (κ1) is 19.4. The summed E-state index contributed by atoms with van der Waals surface area (Å²) in [5, 5.41) is 0.399. The van der Waals surface area contributed by atoms with Gasteiger partial charge in [0.1, 0.15) is 11.5 Å². The molecule has 1 aromatic rings. The number of piperidine rings is 1. The summed E-state index contributed by atoms with van der Waals surface area (Å²) in [6.45, 7) is 3.35. The van der Waals surface area contributed by atoms with Crippen LogP contribution in [0.1, 0.15) is 32.6 Å². The first-order chi connectivity index (χ1) is 12.0. The summed E-state index contributed by atoms with van der Waals surface area (Å²) in [7, 11) is 3.02. The Kier molecular flexibility index (Phi) is 6.93. The van der Waals surface area contributed by atoms with Crippen LogP contribution in [0.5, 0.6) is 11.5 Å². The van der Waals surface area contributed by atoms with Crippen LogP contribution in [0.2, 0.25) is 5.02 Å². The molecule has 1 aliphatic rings. The van der Waals surface area contributed by atoms with Crippen LogP contribution in [0, 0.1) is 0 Å². The monoisotopic (exact) mass is 368 g/mol. The van der Waals surface area contributed by atoms with Crippen molar-refractivity contribution in [1.82, 2.24) is 4.90 Å². The topological polar surface area (TPSA) is 59.1 Å². The Morgan fingerprint density at radius 3 is 2.32 bits per heavy atom. The molecule has 1 aliphatic heterocycles. The van der Waals surface area contributed by atoms with Crippen LogP contribution in [0.4, 0.5) is 5.69 Å². The predicted molar refractivity (Wildman–Crippen MR) is 97.6 cm³/mol. The molecular weight excluding hydrogens is 344 g/mol. The minimum absolute atomic E-state index is 0.0749. The molecule has 2 rings (SSSR count). The lowest BCUT2D eigenvalue weighted by molar-refractivity contribution is -0.131. The Morgan fingerprint density at radius 2 is 1.76 bits per heavy atom. The fraction of sp³-hybridized carbons (Fsp3) is 0.556. The summed E-state index contributed by atoms with van der Waals surface area (Å²) < 4.78 is 10.6. The molecule has 0 spiro atoms. The Balaban J connectivity index is 2.17. The number of nitrogens with zero attached hydrogens (tertiary/aromatic N) is 2. The van der Waals surface area contributed by atoms with Gasteiger partial charge >= 0.3 is 0 Å². The Morgan fingerprint density at radius 1 is 1.12 bits per heavy atom. The number of rotatable bonds is 6. The van der Waals surface area contributed by atoms with Gasteiger partial charge in [0, 0.05) is 45.1 Å². The SMILES string of the molecule is COc1cc(N(CCC(=O)N2CCCCC2)C(C)=O)c(OC)cc1Cl. The second kappa shape index (κ2) is 8.94. The second-order valence-electron chi connectivity index (χ2n) is 6.02. The molecule has 2 amide bonds. The molecule has 0 N–H and O–H groups in total. The summed E-state index contributed by atoms with van der Waals surface area (Å²) in [6, 6.07) is 3.27. The minimum atomic E-state index is -0.172. The van der Waals surface area contributed by atoms with Gasteiger partial charge < -0.3 is 19.3 Å². The van der Waals surface area contributed by atoms with E-state index in [0.29, 0.717) is 22.2 Å². The lowest BCUT2D eigenvalue weighted by Crippen LogP contribution is -2.39. The number of amides is 2. The van der Waals surface area contributed by atoms with Gasteiger partial charge in [-0.1, -0.05) is 11.6 Å². The van der Waals surface area contributed by atoms with Crippen LogP contribution in [0.25, 0.3) is 0 Å². The first-order valence-corrected chi connectivity index (χ1v) is 8.83. The average Bonchev–Trinajstić information content (AvgIpc) is 2.62. The number of hydrogen-bond acceptors (Lipinski definition) is 4. The van der Waals surface area contributed by atoms with E-state index in [2.05, 4.69) is 0 Å². The number of likely N-dealkylation sites (tertiary alicyclic amines) is 1. The number of methoxy groups -OCH3 is 2. The van der Waals surface area contributed by atoms with Crippen molar-refractivity contribution in [1.29, 1.82) is 0 Å². The Hall–Kier alpha value is -1.95. The first-order valence-electron chi connectivity index (χ1n) is 8.45. The quantitative estimate of drug-likeness (QED) is 0.774. The maximum Gasteiger partial charge on any atom is 0.224 e. The minimum Gasteiger partial charge on any atom is -0.495 e. The van der Waals surface area contributed by atoms with E-state index in [4.69, 9.17) is 21.1 Å². The third kappa shape index (κ3) is 4.78. The van der Waals surface area contributed by atoms with E-state index >= 15 is 0 Å². The van der Waals surface area contributed by atoms with Crippen molar-refractivity contribution in [2.24, 2.45) is 0 Å². The zero-order chi connectivity index (χ0) is 18.4. The van der Waals surface area contributed by atoms with Crippen LogP contribution < -0.4 is 14.4 Å². The molecule has 25 heavy (non-hydrogen) atoms. The molecule has 138 valence electrons. The van der Waals surface area contributed by atoms with Crippen LogP contribution in [-0.4, -0.2) is 50.6 Å². The summed E-state index contributed by atoms with van der Waals surface area (Å²) in [6.07, 6.45) is 3.54. The van der Waals surface area contributed by atoms with Gasteiger partial charge in [-0.2, -0.15) is 0 Å². The van der Waals surface area contributed by atoms with Crippen LogP contribution in [0.3, 0.4) is 0 Å². The third-order valence-corrected chi connectivity index (χ3v) is 4.68. The smallest absolute Gasteiger partial charge is 0.224 e. The summed E-state index contributed by atoms with van der Waals surface area (Å²) >= 11 is 6.12. The number of ether oxygens (including phenoxy) is 2. The van der Waals surface area contributed by atoms with Crippen molar-refractivity contribution < 1.29 is 19.1 Å². The molecular formula is C18H25ClN2O4. The maximum atomic E-state index is 12.4. The van der Waals surface area contributed by atoms with E-state index < -0.39 is 0 Å². The molecule has 1 heterocycles. The van der Waals surface area contributed by atoms with Crippen LogP contribution in [0.15, 0.2) is 12.1 Å². The molecule has 0 bridgehead atoms. The van der Waals surface area contributed by atoms with E-state index in [1.807, 2.05) is 4.90 Å². The molecule has 0 radical (unpaired) electrons. The highest BCUT2D eigenvalue weighted by Gasteiger charge is 2.22. The van der Waals surface area contributed by atoms with E-state index in [1.165, 1.54) is 32.5 Å². The highest BCUT2D eigenvalue weighted by atomic mass is 35.5. The average molecular weight is 369 g/mol. The highest BCUT2D eigenvalue weighted by molar-refractivity contribution is 6.32. The normalized spacial score (nSPS) is 14.2. The van der Waals surface area contributed by atoms with E-state index in [1.54, 1.807) is 12.1 Å². The molecule has 1 aromatic carbocycles. The predicted octanol–water partition coefficient (Wildman–Crippen LogP) is 3.11. The third-order valence-electron chi connectivity index (χ3n) is 4.38. The molecule has 7 heteroatoms. The molecule has 0 aromatic heterocycles. The molecule has 0 unspecified atom stereocenters. The van der Waals surface area contributed by atoms with Crippen molar-refractivity contribution in [2.75, 3.05) is 38.8 Å². The standard InChI is InChI=1S/C18H25ClN2O4/c1-13(22)21(10-7-18(23)20-8-5-4-6-9-20)15-12-16(24-2)14(19)11-17(15)25-3/h11-12H,4-10H2,1-3H3. The van der Waals surface area contributed by atoms with E-state index in [0.717, 1.165) is 25.9 Å². The Bertz CT molecular complexity index is 630. The molecule has 0 saturated carbocycles. The van der Waals surface area contributed by atoms with Crippen molar-refractivity contribution in [2.45, 2.75) is 32.6 Å². The lowest BCUT2D eigenvalue weighted by Gasteiger charge is -2.29. The zero-order valence-electron chi connectivity index (χ0n) is 15.0. The number of benzene rings is 1. The fourth-order valence-corrected chi connectivity index (χ4v) is 3.24. The molecule has 0 atom stereocenters. The number of hydrogen-bond donors (Lipinski definition) is 0. The van der Waals surface area contributed by atoms with Crippen molar-refractivity contribution >= 4 is 29.1 Å². The molecule has 6 nitrogen and oxygen atoms in total. The van der Waals surface area contributed by atoms with Crippen molar-refractivity contribution in [3.05, 3.63) is 17.2 Å². The Labute approximate surface area is 153 Å². The van der Waals surface area contributed by atoms with Gasteiger partial charge in [0.15, 0.2) is 0 Å². The summed E-state index contributed by atoms with van der Waals surface area (Å²) in [5.41, 5.74) is 0.544. The number of anilines is 1. The van der Waals surface area contributed by atoms with E-state index in [-0.39, 0.29) is 24.8 Å². The van der Waals surface area contributed by atoms with Gasteiger partial charge in [0.25, 0.3) is 0 Å². The van der Waals surface area contributed by atoms with Gasteiger partial charge in [-0.3, -0.25) is 9.59 Å². The molecule has 1 fully saturated rings. The van der Waals surface area contributed by atoms with Crippen LogP contribution >= 0.6 is 11.6 Å².